The third-order valence-electron chi connectivity index (χ3n) is 3.42. The summed E-state index contributed by atoms with van der Waals surface area (Å²) in [6, 6.07) is 4.62. The SMILES string of the molecule is CCOC(=O)c1c(NC(=O)c2cccc(Cl)c2Cl)sc(C(=O)OC)c1C. The Labute approximate surface area is 164 Å². The largest absolute Gasteiger partial charge is 0.465 e. The summed E-state index contributed by atoms with van der Waals surface area (Å²) in [5.74, 6) is -1.83. The first kappa shape index (κ1) is 20.2. The molecule has 2 aromatic rings. The van der Waals surface area contributed by atoms with Gasteiger partial charge in [-0.15, -0.1) is 11.3 Å². The second-order valence-corrected chi connectivity index (χ2v) is 6.83. The van der Waals surface area contributed by atoms with Crippen LogP contribution >= 0.6 is 34.5 Å². The summed E-state index contributed by atoms with van der Waals surface area (Å²) in [5.41, 5.74) is 0.608. The van der Waals surface area contributed by atoms with Crippen LogP contribution in [-0.4, -0.2) is 31.6 Å². The van der Waals surface area contributed by atoms with Gasteiger partial charge in [0.15, 0.2) is 0 Å². The molecular weight excluding hydrogens is 401 g/mol. The number of ether oxygens (including phenoxy) is 2. The minimum absolute atomic E-state index is 0.0887. The summed E-state index contributed by atoms with van der Waals surface area (Å²) in [6.45, 7) is 3.39. The van der Waals surface area contributed by atoms with Crippen molar-refractivity contribution in [1.82, 2.24) is 0 Å². The molecule has 0 atom stereocenters. The molecule has 1 aromatic carbocycles. The summed E-state index contributed by atoms with van der Waals surface area (Å²) < 4.78 is 9.74. The number of nitrogens with one attached hydrogen (secondary N) is 1. The number of carbonyl (C=O) groups excluding carboxylic acids is 3. The fourth-order valence-electron chi connectivity index (χ4n) is 2.19. The monoisotopic (exact) mass is 415 g/mol. The molecule has 6 nitrogen and oxygen atoms in total. The molecule has 1 heterocycles. The van der Waals surface area contributed by atoms with Crippen molar-refractivity contribution in [1.29, 1.82) is 0 Å². The zero-order chi connectivity index (χ0) is 19.4. The van der Waals surface area contributed by atoms with Crippen molar-refractivity contribution in [2.45, 2.75) is 13.8 Å². The number of benzene rings is 1. The van der Waals surface area contributed by atoms with E-state index in [2.05, 4.69) is 5.32 Å². The second-order valence-electron chi connectivity index (χ2n) is 5.03. The van der Waals surface area contributed by atoms with E-state index in [0.717, 1.165) is 11.3 Å². The van der Waals surface area contributed by atoms with Crippen LogP contribution in [0.5, 0.6) is 0 Å². The number of esters is 2. The number of halogens is 2. The topological polar surface area (TPSA) is 81.7 Å². The van der Waals surface area contributed by atoms with Gasteiger partial charge in [-0.05, 0) is 31.5 Å². The second kappa shape index (κ2) is 8.53. The lowest BCUT2D eigenvalue weighted by Crippen LogP contribution is -2.15. The maximum Gasteiger partial charge on any atom is 0.348 e. The number of amides is 1. The lowest BCUT2D eigenvalue weighted by molar-refractivity contribution is 0.0527. The quantitative estimate of drug-likeness (QED) is 0.722. The number of anilines is 1. The maximum atomic E-state index is 12.6. The number of hydrogen-bond donors (Lipinski definition) is 1. The molecule has 0 aliphatic carbocycles. The van der Waals surface area contributed by atoms with Crippen molar-refractivity contribution in [2.24, 2.45) is 0 Å². The van der Waals surface area contributed by atoms with Gasteiger partial charge in [-0.2, -0.15) is 0 Å². The molecule has 0 saturated heterocycles. The van der Waals surface area contributed by atoms with Gasteiger partial charge in [0.25, 0.3) is 5.91 Å². The molecule has 0 aliphatic heterocycles. The first-order valence-electron chi connectivity index (χ1n) is 7.45. The summed E-state index contributed by atoms with van der Waals surface area (Å²) in [5, 5.41) is 3.08. The highest BCUT2D eigenvalue weighted by molar-refractivity contribution is 7.18. The van der Waals surface area contributed by atoms with Crippen molar-refractivity contribution in [3.05, 3.63) is 49.8 Å². The molecule has 0 bridgehead atoms. The van der Waals surface area contributed by atoms with E-state index in [-0.39, 0.29) is 37.7 Å². The smallest absolute Gasteiger partial charge is 0.348 e. The van der Waals surface area contributed by atoms with E-state index < -0.39 is 17.8 Å². The molecule has 0 unspecified atom stereocenters. The fraction of sp³-hybridized carbons (Fsp3) is 0.235. The molecule has 1 aromatic heterocycles. The first-order chi connectivity index (χ1) is 12.3. The van der Waals surface area contributed by atoms with Gasteiger partial charge in [-0.3, -0.25) is 4.79 Å². The highest BCUT2D eigenvalue weighted by Crippen LogP contribution is 2.35. The van der Waals surface area contributed by atoms with E-state index in [1.807, 2.05) is 0 Å². The fourth-order valence-corrected chi connectivity index (χ4v) is 3.68. The first-order valence-corrected chi connectivity index (χ1v) is 9.03. The maximum absolute atomic E-state index is 12.6. The Balaban J connectivity index is 2.47. The summed E-state index contributed by atoms with van der Waals surface area (Å²) in [7, 11) is 1.23. The summed E-state index contributed by atoms with van der Waals surface area (Å²) >= 11 is 12.9. The number of hydrogen-bond acceptors (Lipinski definition) is 6. The van der Waals surface area contributed by atoms with Crippen molar-refractivity contribution in [2.75, 3.05) is 19.0 Å². The van der Waals surface area contributed by atoms with Crippen molar-refractivity contribution in [3.8, 4) is 0 Å². The molecular formula is C17H15Cl2NO5S. The van der Waals surface area contributed by atoms with Gasteiger partial charge in [-0.25, -0.2) is 9.59 Å². The molecule has 0 spiro atoms. The molecule has 1 N–H and O–H groups in total. The predicted molar refractivity (Wildman–Crippen MR) is 101 cm³/mol. The highest BCUT2D eigenvalue weighted by Gasteiger charge is 2.27. The Morgan fingerprint density at radius 1 is 1.19 bits per heavy atom. The normalized spacial score (nSPS) is 10.3. The van der Waals surface area contributed by atoms with E-state index >= 15 is 0 Å². The van der Waals surface area contributed by atoms with Crippen LogP contribution in [0.1, 0.15) is 42.9 Å². The van der Waals surface area contributed by atoms with Crippen LogP contribution in [0.4, 0.5) is 5.00 Å². The van der Waals surface area contributed by atoms with Crippen LogP contribution in [0.3, 0.4) is 0 Å². The Kier molecular flexibility index (Phi) is 6.63. The number of carbonyl (C=O) groups is 3. The van der Waals surface area contributed by atoms with Crippen LogP contribution in [0.2, 0.25) is 10.0 Å². The van der Waals surface area contributed by atoms with E-state index in [0.29, 0.717) is 5.56 Å². The Morgan fingerprint density at radius 2 is 1.88 bits per heavy atom. The zero-order valence-corrected chi connectivity index (χ0v) is 16.5. The van der Waals surface area contributed by atoms with Crippen molar-refractivity contribution in [3.63, 3.8) is 0 Å². The van der Waals surface area contributed by atoms with E-state index in [4.69, 9.17) is 32.7 Å². The molecule has 0 radical (unpaired) electrons. The van der Waals surface area contributed by atoms with Gasteiger partial charge in [0.1, 0.15) is 9.88 Å². The number of thiophene rings is 1. The van der Waals surface area contributed by atoms with Crippen molar-refractivity contribution >= 4 is 57.4 Å². The number of methoxy groups -OCH3 is 1. The molecule has 9 heteroatoms. The Bertz CT molecular complexity index is 878. The van der Waals surface area contributed by atoms with E-state index in [9.17, 15) is 14.4 Å². The van der Waals surface area contributed by atoms with E-state index in [1.165, 1.54) is 13.2 Å². The molecule has 0 fully saturated rings. The van der Waals surface area contributed by atoms with Gasteiger partial charge >= 0.3 is 11.9 Å². The minimum Gasteiger partial charge on any atom is -0.465 e. The lowest BCUT2D eigenvalue weighted by Gasteiger charge is -2.08. The molecule has 0 saturated carbocycles. The van der Waals surface area contributed by atoms with Gasteiger partial charge in [-0.1, -0.05) is 29.3 Å². The number of rotatable bonds is 5. The van der Waals surface area contributed by atoms with Crippen molar-refractivity contribution < 1.29 is 23.9 Å². The highest BCUT2D eigenvalue weighted by atomic mass is 35.5. The van der Waals surface area contributed by atoms with Crippen LogP contribution in [0, 0.1) is 6.92 Å². The average Bonchev–Trinajstić information content (AvgIpc) is 2.92. The Morgan fingerprint density at radius 3 is 2.50 bits per heavy atom. The molecule has 26 heavy (non-hydrogen) atoms. The zero-order valence-electron chi connectivity index (χ0n) is 14.1. The van der Waals surface area contributed by atoms with E-state index in [1.54, 1.807) is 26.0 Å². The standard InChI is InChI=1S/C17H15Cl2NO5S/c1-4-25-16(22)11-8(2)13(17(23)24-3)26-15(11)20-14(21)9-6-5-7-10(18)12(9)19/h5-7H,4H2,1-3H3,(H,20,21). The van der Waals surface area contributed by atoms with Gasteiger partial charge in [0, 0.05) is 0 Å². The minimum atomic E-state index is -0.649. The molecule has 0 aliphatic rings. The Hall–Kier alpha value is -2.09. The molecule has 1 amide bonds. The van der Waals surface area contributed by atoms with Crippen LogP contribution in [0.25, 0.3) is 0 Å². The van der Waals surface area contributed by atoms with Crippen LogP contribution in [0.15, 0.2) is 18.2 Å². The molecule has 138 valence electrons. The van der Waals surface area contributed by atoms with Gasteiger partial charge < -0.3 is 14.8 Å². The van der Waals surface area contributed by atoms with Crippen LogP contribution in [-0.2, 0) is 9.47 Å². The third kappa shape index (κ3) is 4.00. The third-order valence-corrected chi connectivity index (χ3v) is 5.43. The summed E-state index contributed by atoms with van der Waals surface area (Å²) in [6.07, 6.45) is 0. The lowest BCUT2D eigenvalue weighted by atomic mass is 10.1. The molecule has 2 rings (SSSR count). The average molecular weight is 416 g/mol. The summed E-state index contributed by atoms with van der Waals surface area (Å²) in [4.78, 5) is 37.0. The van der Waals surface area contributed by atoms with Gasteiger partial charge in [0.05, 0.1) is 34.9 Å². The predicted octanol–water partition coefficient (Wildman–Crippen LogP) is 4.58. The van der Waals surface area contributed by atoms with Gasteiger partial charge in [0.2, 0.25) is 0 Å². The van der Waals surface area contributed by atoms with Crippen LogP contribution < -0.4 is 5.32 Å².